The maximum Gasteiger partial charge on any atom is 0.337 e. The van der Waals surface area contributed by atoms with Crippen LogP contribution in [0.2, 0.25) is 0 Å². The molecule has 0 radical (unpaired) electrons. The molecule has 4 nitrogen and oxygen atoms in total. The number of rotatable bonds is 2. The van der Waals surface area contributed by atoms with E-state index in [2.05, 4.69) is 39.4 Å². The topological polar surface area (TPSA) is 55.0 Å². The number of aromatic amines is 1. The maximum absolute atomic E-state index is 11.4. The zero-order valence-electron chi connectivity index (χ0n) is 9.86. The summed E-state index contributed by atoms with van der Waals surface area (Å²) in [4.78, 5) is 11.4. The Bertz CT molecular complexity index is 637. The van der Waals surface area contributed by atoms with Gasteiger partial charge in [0, 0.05) is 17.6 Å². The molecule has 0 amide bonds. The Kier molecular flexibility index (Phi) is 3.90. The average molecular weight is 260 g/mol. The van der Waals surface area contributed by atoms with Crippen molar-refractivity contribution in [1.82, 2.24) is 10.2 Å². The van der Waals surface area contributed by atoms with Crippen molar-refractivity contribution < 1.29 is 9.53 Å². The van der Waals surface area contributed by atoms with Gasteiger partial charge in [-0.2, -0.15) is 17.7 Å². The molecular weight excluding hydrogens is 248 g/mol. The second-order valence-electron chi connectivity index (χ2n) is 3.60. The minimum absolute atomic E-state index is 0.373. The van der Waals surface area contributed by atoms with Crippen molar-refractivity contribution in [3.05, 3.63) is 29.5 Å². The zero-order valence-corrected chi connectivity index (χ0v) is 10.8. The van der Waals surface area contributed by atoms with E-state index >= 15 is 0 Å². The molecule has 0 fully saturated rings. The molecule has 0 bridgehead atoms. The van der Waals surface area contributed by atoms with Gasteiger partial charge in [-0.05, 0) is 24.1 Å². The van der Waals surface area contributed by atoms with Crippen molar-refractivity contribution in [1.29, 1.82) is 0 Å². The Hall–Kier alpha value is -1.93. The average Bonchev–Trinajstić information content (AvgIpc) is 2.80. The Balaban J connectivity index is 2.38. The summed E-state index contributed by atoms with van der Waals surface area (Å²) in [7, 11) is 1.35. The van der Waals surface area contributed by atoms with Crippen LogP contribution in [0.3, 0.4) is 0 Å². The molecule has 0 atom stereocenters. The largest absolute Gasteiger partial charge is 0.465 e. The van der Waals surface area contributed by atoms with E-state index in [0.717, 1.165) is 23.3 Å². The van der Waals surface area contributed by atoms with Crippen molar-refractivity contribution in [3.8, 4) is 11.8 Å². The van der Waals surface area contributed by atoms with Crippen molar-refractivity contribution in [3.63, 3.8) is 0 Å². The lowest BCUT2D eigenvalue weighted by Gasteiger charge is -1.97. The minimum atomic E-state index is -0.373. The number of ether oxygens (including phenoxy) is 1. The number of esters is 1. The van der Waals surface area contributed by atoms with Gasteiger partial charge in [-0.1, -0.05) is 5.92 Å². The molecule has 0 aliphatic rings. The molecule has 18 heavy (non-hydrogen) atoms. The first kappa shape index (κ1) is 12.5. The third-order valence-electron chi connectivity index (χ3n) is 2.43. The molecule has 0 saturated heterocycles. The molecule has 0 aliphatic carbocycles. The van der Waals surface area contributed by atoms with E-state index in [-0.39, 0.29) is 5.97 Å². The van der Waals surface area contributed by atoms with Gasteiger partial charge in [-0.15, -0.1) is 0 Å². The Morgan fingerprint density at radius 2 is 2.39 bits per heavy atom. The molecule has 0 aliphatic heterocycles. The van der Waals surface area contributed by atoms with E-state index in [1.807, 2.05) is 6.07 Å². The highest BCUT2D eigenvalue weighted by atomic mass is 32.1. The number of methoxy groups -OCH3 is 1. The van der Waals surface area contributed by atoms with E-state index in [1.54, 1.807) is 12.1 Å². The van der Waals surface area contributed by atoms with Crippen LogP contribution in [0.4, 0.5) is 0 Å². The lowest BCUT2D eigenvalue weighted by atomic mass is 10.1. The van der Waals surface area contributed by atoms with Crippen LogP contribution in [0.25, 0.3) is 10.9 Å². The predicted molar refractivity (Wildman–Crippen MR) is 72.8 cm³/mol. The van der Waals surface area contributed by atoms with Crippen LogP contribution in [0.1, 0.15) is 22.5 Å². The number of fused-ring (bicyclic) bond motifs is 1. The van der Waals surface area contributed by atoms with Crippen LogP contribution in [-0.4, -0.2) is 29.0 Å². The fourth-order valence-electron chi connectivity index (χ4n) is 1.56. The van der Waals surface area contributed by atoms with E-state index in [1.165, 1.54) is 7.11 Å². The summed E-state index contributed by atoms with van der Waals surface area (Å²) in [5.74, 6) is 6.34. The standard InChI is InChI=1S/C13H12N2O2S/c1-17-13(16)9-5-6-10-11(4-2-3-7-18)14-15-12(10)8-9/h5-6,8,18H,3,7H2,1H3,(H,14,15). The highest BCUT2D eigenvalue weighted by molar-refractivity contribution is 7.80. The van der Waals surface area contributed by atoms with Gasteiger partial charge in [0.05, 0.1) is 18.2 Å². The fourth-order valence-corrected chi connectivity index (χ4v) is 1.67. The molecule has 1 aromatic heterocycles. The first-order chi connectivity index (χ1) is 8.76. The van der Waals surface area contributed by atoms with Gasteiger partial charge in [0.15, 0.2) is 0 Å². The summed E-state index contributed by atoms with van der Waals surface area (Å²) < 4.78 is 4.66. The number of nitrogens with one attached hydrogen (secondary N) is 1. The third kappa shape index (κ3) is 2.49. The first-order valence-corrected chi connectivity index (χ1v) is 6.05. The number of thiol groups is 1. The molecule has 2 aromatic rings. The van der Waals surface area contributed by atoms with Gasteiger partial charge in [-0.3, -0.25) is 5.10 Å². The quantitative estimate of drug-likeness (QED) is 0.493. The van der Waals surface area contributed by atoms with Crippen molar-refractivity contribution in [2.45, 2.75) is 6.42 Å². The predicted octanol–water partition coefficient (Wildman–Crippen LogP) is 2.02. The van der Waals surface area contributed by atoms with Gasteiger partial charge in [0.25, 0.3) is 0 Å². The molecule has 92 valence electrons. The Morgan fingerprint density at radius 3 is 3.11 bits per heavy atom. The van der Waals surface area contributed by atoms with E-state index in [4.69, 9.17) is 0 Å². The van der Waals surface area contributed by atoms with Crippen molar-refractivity contribution in [2.75, 3.05) is 12.9 Å². The molecule has 0 unspecified atom stereocenters. The van der Waals surface area contributed by atoms with Gasteiger partial charge in [-0.25, -0.2) is 4.79 Å². The number of carbonyl (C=O) groups is 1. The van der Waals surface area contributed by atoms with Gasteiger partial charge in [0.2, 0.25) is 0 Å². The van der Waals surface area contributed by atoms with Crippen LogP contribution in [0, 0.1) is 11.8 Å². The minimum Gasteiger partial charge on any atom is -0.465 e. The number of hydrogen-bond acceptors (Lipinski definition) is 4. The molecule has 0 saturated carbocycles. The number of aromatic nitrogens is 2. The molecule has 2 rings (SSSR count). The molecule has 0 spiro atoms. The number of carbonyl (C=O) groups excluding carboxylic acids is 1. The summed E-state index contributed by atoms with van der Waals surface area (Å²) in [6, 6.07) is 5.20. The lowest BCUT2D eigenvalue weighted by molar-refractivity contribution is 0.0601. The highest BCUT2D eigenvalue weighted by Gasteiger charge is 2.09. The number of hydrogen-bond donors (Lipinski definition) is 2. The van der Waals surface area contributed by atoms with Crippen LogP contribution < -0.4 is 0 Å². The van der Waals surface area contributed by atoms with Crippen LogP contribution in [0.15, 0.2) is 18.2 Å². The normalized spacial score (nSPS) is 9.89. The van der Waals surface area contributed by atoms with Crippen LogP contribution in [0.5, 0.6) is 0 Å². The zero-order chi connectivity index (χ0) is 13.0. The number of benzene rings is 1. The molecular formula is C13H12N2O2S. The second kappa shape index (κ2) is 5.61. The number of H-pyrrole nitrogens is 1. The molecule has 1 N–H and O–H groups in total. The lowest BCUT2D eigenvalue weighted by Crippen LogP contribution is -2.00. The monoisotopic (exact) mass is 260 g/mol. The summed E-state index contributed by atoms with van der Waals surface area (Å²) in [6.07, 6.45) is 0.726. The summed E-state index contributed by atoms with van der Waals surface area (Å²) in [6.45, 7) is 0. The van der Waals surface area contributed by atoms with Gasteiger partial charge >= 0.3 is 5.97 Å². The first-order valence-electron chi connectivity index (χ1n) is 5.42. The summed E-state index contributed by atoms with van der Waals surface area (Å²) in [5, 5.41) is 7.87. The fraction of sp³-hybridized carbons (Fsp3) is 0.231. The highest BCUT2D eigenvalue weighted by Crippen LogP contribution is 2.17. The second-order valence-corrected chi connectivity index (χ2v) is 4.04. The van der Waals surface area contributed by atoms with Crippen molar-refractivity contribution >= 4 is 29.5 Å². The summed E-state index contributed by atoms with van der Waals surface area (Å²) in [5.41, 5.74) is 1.93. The Morgan fingerprint density at radius 1 is 1.56 bits per heavy atom. The van der Waals surface area contributed by atoms with Crippen molar-refractivity contribution in [2.24, 2.45) is 0 Å². The smallest absolute Gasteiger partial charge is 0.337 e. The number of nitrogens with zero attached hydrogens (tertiary/aromatic N) is 1. The van der Waals surface area contributed by atoms with E-state index < -0.39 is 0 Å². The Labute approximate surface area is 110 Å². The van der Waals surface area contributed by atoms with E-state index in [0.29, 0.717) is 11.1 Å². The SMILES string of the molecule is COC(=O)c1ccc2c(C#CCCS)[nH]nc2c1. The van der Waals surface area contributed by atoms with Crippen LogP contribution in [-0.2, 0) is 4.74 Å². The molecule has 5 heteroatoms. The third-order valence-corrected chi connectivity index (χ3v) is 2.65. The molecule has 1 aromatic carbocycles. The van der Waals surface area contributed by atoms with Gasteiger partial charge in [0.1, 0.15) is 5.69 Å². The molecule has 1 heterocycles. The van der Waals surface area contributed by atoms with Gasteiger partial charge < -0.3 is 4.74 Å². The summed E-state index contributed by atoms with van der Waals surface area (Å²) >= 11 is 4.09. The van der Waals surface area contributed by atoms with Crippen LogP contribution >= 0.6 is 12.6 Å². The maximum atomic E-state index is 11.4. The van der Waals surface area contributed by atoms with E-state index in [9.17, 15) is 4.79 Å².